The van der Waals surface area contributed by atoms with Crippen LogP contribution in [0, 0.1) is 12.7 Å². The Hall–Kier alpha value is -2.74. The van der Waals surface area contributed by atoms with Gasteiger partial charge in [0.1, 0.15) is 22.8 Å². The lowest BCUT2D eigenvalue weighted by molar-refractivity contribution is -0.121. The molecule has 2 aromatic heterocycles. The zero-order valence-corrected chi connectivity index (χ0v) is 16.8. The van der Waals surface area contributed by atoms with Crippen molar-refractivity contribution in [3.8, 4) is 0 Å². The molecule has 3 aromatic rings. The van der Waals surface area contributed by atoms with Crippen LogP contribution in [0.5, 0.6) is 0 Å². The molecule has 29 heavy (non-hydrogen) atoms. The summed E-state index contributed by atoms with van der Waals surface area (Å²) in [5.41, 5.74) is 1.88. The van der Waals surface area contributed by atoms with E-state index in [2.05, 4.69) is 20.4 Å². The molecular weight excluding hydrogens is 397 g/mol. The molecule has 1 amide bonds. The van der Waals surface area contributed by atoms with E-state index >= 15 is 0 Å². The standard InChI is InChI=1S/C20H21ClFN5O2/c1-12-18-19(27-8-2-3-9-27)24-16(25-20(18)29-26-12)6-7-17(28)23-11-13-4-5-14(22)10-15(13)21/h4-5,10H,2-3,6-9,11H2,1H3,(H,23,28). The Kier molecular flexibility index (Phi) is 5.62. The lowest BCUT2D eigenvalue weighted by Crippen LogP contribution is -2.24. The number of nitrogens with zero attached hydrogens (tertiary/aromatic N) is 4. The van der Waals surface area contributed by atoms with Crippen molar-refractivity contribution in [3.05, 3.63) is 46.1 Å². The number of halogens is 2. The smallest absolute Gasteiger partial charge is 0.263 e. The predicted molar refractivity (Wildman–Crippen MR) is 107 cm³/mol. The first-order valence-electron chi connectivity index (χ1n) is 9.60. The van der Waals surface area contributed by atoms with E-state index < -0.39 is 5.82 Å². The summed E-state index contributed by atoms with van der Waals surface area (Å²) in [5, 5.41) is 7.94. The van der Waals surface area contributed by atoms with Crippen LogP contribution in [0.15, 0.2) is 22.7 Å². The molecule has 7 nitrogen and oxygen atoms in total. The number of amides is 1. The predicted octanol–water partition coefficient (Wildman–Crippen LogP) is 3.57. The van der Waals surface area contributed by atoms with E-state index in [0.29, 0.717) is 23.5 Å². The Bertz CT molecular complexity index is 1050. The Morgan fingerprint density at radius 1 is 1.31 bits per heavy atom. The first-order valence-corrected chi connectivity index (χ1v) is 9.97. The zero-order chi connectivity index (χ0) is 20.4. The highest BCUT2D eigenvalue weighted by atomic mass is 35.5. The number of hydrogen-bond acceptors (Lipinski definition) is 6. The third kappa shape index (κ3) is 4.32. The SMILES string of the molecule is Cc1noc2nc(CCC(=O)NCc3ccc(F)cc3Cl)nc(N3CCCC3)c12. The highest BCUT2D eigenvalue weighted by molar-refractivity contribution is 6.31. The van der Waals surface area contributed by atoms with Gasteiger partial charge in [-0.2, -0.15) is 4.98 Å². The zero-order valence-electron chi connectivity index (χ0n) is 16.0. The van der Waals surface area contributed by atoms with Crippen molar-refractivity contribution in [1.82, 2.24) is 20.4 Å². The largest absolute Gasteiger partial charge is 0.356 e. The maximum Gasteiger partial charge on any atom is 0.263 e. The summed E-state index contributed by atoms with van der Waals surface area (Å²) in [6, 6.07) is 4.10. The Labute approximate surface area is 172 Å². The summed E-state index contributed by atoms with van der Waals surface area (Å²) < 4.78 is 18.5. The molecule has 0 aliphatic carbocycles. The van der Waals surface area contributed by atoms with Gasteiger partial charge in [-0.1, -0.05) is 22.8 Å². The van der Waals surface area contributed by atoms with Crippen LogP contribution in [-0.2, 0) is 17.8 Å². The molecule has 152 valence electrons. The fourth-order valence-electron chi connectivity index (χ4n) is 3.45. The van der Waals surface area contributed by atoms with Crippen LogP contribution >= 0.6 is 11.6 Å². The molecule has 9 heteroatoms. The molecule has 4 rings (SSSR count). The molecule has 0 atom stereocenters. The van der Waals surface area contributed by atoms with Crippen LogP contribution < -0.4 is 10.2 Å². The van der Waals surface area contributed by atoms with Gasteiger partial charge in [-0.15, -0.1) is 0 Å². The van der Waals surface area contributed by atoms with Crippen LogP contribution in [0.3, 0.4) is 0 Å². The molecule has 1 aliphatic rings. The summed E-state index contributed by atoms with van der Waals surface area (Å²) in [6.07, 6.45) is 2.84. The average Bonchev–Trinajstić information content (AvgIpc) is 3.36. The van der Waals surface area contributed by atoms with E-state index in [9.17, 15) is 9.18 Å². The number of carbonyl (C=O) groups is 1. The van der Waals surface area contributed by atoms with E-state index in [4.69, 9.17) is 21.1 Å². The third-order valence-corrected chi connectivity index (χ3v) is 5.36. The second-order valence-electron chi connectivity index (χ2n) is 7.12. The Balaban J connectivity index is 1.43. The van der Waals surface area contributed by atoms with Crippen LogP contribution in [0.25, 0.3) is 11.1 Å². The molecule has 1 N–H and O–H groups in total. The Morgan fingerprint density at radius 2 is 2.10 bits per heavy atom. The van der Waals surface area contributed by atoms with Gasteiger partial charge in [-0.3, -0.25) is 4.79 Å². The number of aryl methyl sites for hydroxylation is 2. The summed E-state index contributed by atoms with van der Waals surface area (Å²) in [5.74, 6) is 0.810. The van der Waals surface area contributed by atoms with Crippen molar-refractivity contribution < 1.29 is 13.7 Å². The lowest BCUT2D eigenvalue weighted by atomic mass is 10.2. The number of fused-ring (bicyclic) bond motifs is 1. The minimum atomic E-state index is -0.408. The van der Waals surface area contributed by atoms with E-state index in [1.165, 1.54) is 12.1 Å². The third-order valence-electron chi connectivity index (χ3n) is 5.01. The van der Waals surface area contributed by atoms with Gasteiger partial charge in [0.2, 0.25) is 5.91 Å². The first-order chi connectivity index (χ1) is 14.0. The quantitative estimate of drug-likeness (QED) is 0.660. The molecule has 0 bridgehead atoms. The van der Waals surface area contributed by atoms with Crippen molar-refractivity contribution in [1.29, 1.82) is 0 Å². The second-order valence-corrected chi connectivity index (χ2v) is 7.53. The van der Waals surface area contributed by atoms with Crippen LogP contribution in [0.2, 0.25) is 5.02 Å². The summed E-state index contributed by atoms with van der Waals surface area (Å²) in [4.78, 5) is 23.6. The molecule has 3 heterocycles. The number of benzene rings is 1. The molecule has 0 unspecified atom stereocenters. The fraction of sp³-hybridized carbons (Fsp3) is 0.400. The van der Waals surface area contributed by atoms with Crippen molar-refractivity contribution in [3.63, 3.8) is 0 Å². The van der Waals surface area contributed by atoms with Crippen LogP contribution in [-0.4, -0.2) is 34.1 Å². The Morgan fingerprint density at radius 3 is 2.86 bits per heavy atom. The fourth-order valence-corrected chi connectivity index (χ4v) is 3.69. The monoisotopic (exact) mass is 417 g/mol. The maximum atomic E-state index is 13.1. The van der Waals surface area contributed by atoms with Gasteiger partial charge < -0.3 is 14.7 Å². The number of carbonyl (C=O) groups excluding carboxylic acids is 1. The average molecular weight is 418 g/mol. The molecule has 1 aliphatic heterocycles. The minimum Gasteiger partial charge on any atom is -0.356 e. The summed E-state index contributed by atoms with van der Waals surface area (Å²) >= 11 is 5.99. The second kappa shape index (κ2) is 8.32. The van der Waals surface area contributed by atoms with Crippen molar-refractivity contribution in [2.75, 3.05) is 18.0 Å². The van der Waals surface area contributed by atoms with E-state index in [1.807, 2.05) is 6.92 Å². The van der Waals surface area contributed by atoms with Crippen molar-refractivity contribution in [2.24, 2.45) is 0 Å². The molecule has 1 saturated heterocycles. The van der Waals surface area contributed by atoms with Crippen LogP contribution in [0.4, 0.5) is 10.2 Å². The van der Waals surface area contributed by atoms with Gasteiger partial charge in [0.15, 0.2) is 0 Å². The maximum absolute atomic E-state index is 13.1. The van der Waals surface area contributed by atoms with E-state index in [1.54, 1.807) is 6.07 Å². The van der Waals surface area contributed by atoms with E-state index in [0.717, 1.165) is 42.8 Å². The van der Waals surface area contributed by atoms with Gasteiger partial charge in [0, 0.05) is 37.5 Å². The number of nitrogens with one attached hydrogen (secondary N) is 1. The van der Waals surface area contributed by atoms with Gasteiger partial charge >= 0.3 is 0 Å². The van der Waals surface area contributed by atoms with Gasteiger partial charge in [-0.05, 0) is 37.5 Å². The summed E-state index contributed by atoms with van der Waals surface area (Å²) in [6.45, 7) is 3.99. The topological polar surface area (TPSA) is 84.1 Å². The molecular formula is C20H21ClFN5O2. The molecule has 0 radical (unpaired) electrons. The normalized spacial score (nSPS) is 14.0. The van der Waals surface area contributed by atoms with Gasteiger partial charge in [-0.25, -0.2) is 9.37 Å². The molecule has 0 spiro atoms. The van der Waals surface area contributed by atoms with Crippen molar-refractivity contribution >= 4 is 34.4 Å². The highest BCUT2D eigenvalue weighted by Gasteiger charge is 2.22. The molecule has 0 saturated carbocycles. The van der Waals surface area contributed by atoms with Gasteiger partial charge in [0.25, 0.3) is 5.71 Å². The highest BCUT2D eigenvalue weighted by Crippen LogP contribution is 2.29. The van der Waals surface area contributed by atoms with Crippen LogP contribution in [0.1, 0.15) is 36.3 Å². The number of hydrogen-bond donors (Lipinski definition) is 1. The van der Waals surface area contributed by atoms with E-state index in [-0.39, 0.29) is 23.9 Å². The van der Waals surface area contributed by atoms with Gasteiger partial charge in [0.05, 0.1) is 5.69 Å². The summed E-state index contributed by atoms with van der Waals surface area (Å²) in [7, 11) is 0. The number of anilines is 1. The molecule has 1 fully saturated rings. The minimum absolute atomic E-state index is 0.162. The lowest BCUT2D eigenvalue weighted by Gasteiger charge is -2.17. The first kappa shape index (κ1) is 19.6. The number of rotatable bonds is 6. The number of aromatic nitrogens is 3. The molecule has 1 aromatic carbocycles. The van der Waals surface area contributed by atoms with Crippen molar-refractivity contribution in [2.45, 2.75) is 39.2 Å².